The third kappa shape index (κ3) is 71.7. The van der Waals surface area contributed by atoms with E-state index in [0.717, 1.165) is 38.5 Å². The van der Waals surface area contributed by atoms with Gasteiger partial charge in [-0.3, -0.25) is 9.59 Å². The van der Waals surface area contributed by atoms with E-state index in [1.807, 2.05) is 0 Å². The summed E-state index contributed by atoms with van der Waals surface area (Å²) >= 11 is 0. The Labute approximate surface area is 539 Å². The van der Waals surface area contributed by atoms with Crippen LogP contribution in [0.5, 0.6) is 0 Å². The SMILES string of the molecule is CCCCCCCC/C=C\CCCCCCCCCC(=O)OCCCCCCCCCCCCCCCCCCCCCCCCCCCCCCCCCCC(=O)NC(CO)C(O)CCCCCCCCCCCCCCCCCCCCCC. The molecular weight excluding hydrogens is 1050 g/mol. The van der Waals surface area contributed by atoms with Gasteiger partial charge in [0.25, 0.3) is 0 Å². The number of aliphatic hydroxyl groups is 2. The van der Waals surface area contributed by atoms with Gasteiger partial charge in [0, 0.05) is 12.8 Å². The molecule has 0 aromatic heterocycles. The summed E-state index contributed by atoms with van der Waals surface area (Å²) in [5.41, 5.74) is 0. The van der Waals surface area contributed by atoms with Crippen molar-refractivity contribution in [3.63, 3.8) is 0 Å². The number of nitrogens with one attached hydrogen (secondary N) is 1. The number of hydrogen-bond donors (Lipinski definition) is 3. The second-order valence-electron chi connectivity index (χ2n) is 27.8. The summed E-state index contributed by atoms with van der Waals surface area (Å²) in [5, 5.41) is 23.4. The van der Waals surface area contributed by atoms with E-state index in [-0.39, 0.29) is 18.5 Å². The number of amides is 1. The first-order valence-electron chi connectivity index (χ1n) is 39.9. The van der Waals surface area contributed by atoms with Crippen LogP contribution in [0.2, 0.25) is 0 Å². The van der Waals surface area contributed by atoms with Crippen LogP contribution in [-0.2, 0) is 14.3 Å². The zero-order chi connectivity index (χ0) is 62.0. The van der Waals surface area contributed by atoms with E-state index in [1.165, 1.54) is 392 Å². The summed E-state index contributed by atoms with van der Waals surface area (Å²) in [6.07, 6.45) is 95.9. The lowest BCUT2D eigenvalue weighted by Crippen LogP contribution is -2.45. The highest BCUT2D eigenvalue weighted by Crippen LogP contribution is 2.20. The molecule has 0 saturated heterocycles. The van der Waals surface area contributed by atoms with E-state index < -0.39 is 12.1 Å². The van der Waals surface area contributed by atoms with Gasteiger partial charge in [-0.25, -0.2) is 0 Å². The van der Waals surface area contributed by atoms with E-state index in [0.29, 0.717) is 25.9 Å². The first kappa shape index (κ1) is 84.6. The third-order valence-corrected chi connectivity index (χ3v) is 19.1. The zero-order valence-electron chi connectivity index (χ0n) is 58.8. The topological polar surface area (TPSA) is 95.9 Å². The van der Waals surface area contributed by atoms with E-state index in [2.05, 4.69) is 31.3 Å². The normalized spacial score (nSPS) is 12.5. The molecule has 0 heterocycles. The molecule has 86 heavy (non-hydrogen) atoms. The maximum absolute atomic E-state index is 12.6. The smallest absolute Gasteiger partial charge is 0.305 e. The molecule has 0 aromatic carbocycles. The molecule has 1 amide bonds. The van der Waals surface area contributed by atoms with Gasteiger partial charge in [0.1, 0.15) is 0 Å². The number of rotatable bonds is 76. The van der Waals surface area contributed by atoms with E-state index in [9.17, 15) is 19.8 Å². The monoisotopic (exact) mass is 1210 g/mol. The molecule has 2 atom stereocenters. The molecule has 512 valence electrons. The minimum absolute atomic E-state index is 0.0192. The highest BCUT2D eigenvalue weighted by molar-refractivity contribution is 5.76. The number of unbranched alkanes of at least 4 members (excludes halogenated alkanes) is 63. The predicted octanol–water partition coefficient (Wildman–Crippen LogP) is 26.3. The number of hydrogen-bond acceptors (Lipinski definition) is 5. The number of carbonyl (C=O) groups is 2. The van der Waals surface area contributed by atoms with Crippen LogP contribution in [0.4, 0.5) is 0 Å². The quantitative estimate of drug-likeness (QED) is 0.0320. The molecule has 0 aliphatic carbocycles. The predicted molar refractivity (Wildman–Crippen MR) is 380 cm³/mol. The van der Waals surface area contributed by atoms with E-state index in [4.69, 9.17) is 4.74 Å². The molecule has 0 bridgehead atoms. The van der Waals surface area contributed by atoms with Crippen LogP contribution >= 0.6 is 0 Å². The average Bonchev–Trinajstić information content (AvgIpc) is 3.54. The number of carbonyl (C=O) groups excluding carboxylic acids is 2. The van der Waals surface area contributed by atoms with Gasteiger partial charge in [0.05, 0.1) is 25.4 Å². The van der Waals surface area contributed by atoms with Crippen molar-refractivity contribution in [2.24, 2.45) is 0 Å². The molecule has 6 heteroatoms. The molecule has 2 unspecified atom stereocenters. The van der Waals surface area contributed by atoms with Gasteiger partial charge in [0.15, 0.2) is 0 Å². The van der Waals surface area contributed by atoms with Gasteiger partial charge in [-0.1, -0.05) is 411 Å². The molecule has 0 radical (unpaired) electrons. The average molecular weight is 1210 g/mol. The van der Waals surface area contributed by atoms with Crippen LogP contribution in [-0.4, -0.2) is 47.4 Å². The Bertz CT molecular complexity index is 1300. The Morgan fingerprint density at radius 1 is 0.314 bits per heavy atom. The Morgan fingerprint density at radius 2 is 0.547 bits per heavy atom. The second kappa shape index (κ2) is 76.1. The van der Waals surface area contributed by atoms with Gasteiger partial charge in [-0.15, -0.1) is 0 Å². The highest BCUT2D eigenvalue weighted by Gasteiger charge is 2.20. The molecule has 0 aromatic rings. The maximum Gasteiger partial charge on any atom is 0.305 e. The largest absolute Gasteiger partial charge is 0.466 e. The standard InChI is InChI=1S/C80H157NO5/c1-3-5-7-9-11-13-15-17-19-21-22-37-41-44-48-52-56-60-64-68-72-78(83)77(76-82)81-79(84)73-69-65-61-57-53-49-45-42-38-35-33-31-29-27-25-23-24-26-28-30-32-34-36-39-43-47-51-55-59-63-67-71-75-86-80(85)74-70-66-62-58-54-50-46-40-20-18-16-14-12-10-8-6-4-2/h18,20,77-78,82-83H,3-17,19,21-76H2,1-2H3,(H,81,84)/b20-18-. The summed E-state index contributed by atoms with van der Waals surface area (Å²) in [6.45, 7) is 5.01. The van der Waals surface area contributed by atoms with Crippen molar-refractivity contribution in [2.45, 2.75) is 475 Å². The number of esters is 1. The van der Waals surface area contributed by atoms with E-state index in [1.54, 1.807) is 0 Å². The van der Waals surface area contributed by atoms with Crippen LogP contribution in [0.25, 0.3) is 0 Å². The summed E-state index contributed by atoms with van der Waals surface area (Å²) < 4.78 is 5.51. The van der Waals surface area contributed by atoms with Gasteiger partial charge in [-0.05, 0) is 51.4 Å². The Hall–Kier alpha value is -1.40. The third-order valence-electron chi connectivity index (χ3n) is 19.1. The van der Waals surface area contributed by atoms with Crippen molar-refractivity contribution in [1.29, 1.82) is 0 Å². The van der Waals surface area contributed by atoms with Crippen molar-refractivity contribution in [1.82, 2.24) is 5.32 Å². The number of allylic oxidation sites excluding steroid dienone is 2. The van der Waals surface area contributed by atoms with Crippen molar-refractivity contribution >= 4 is 11.9 Å². The van der Waals surface area contributed by atoms with Crippen molar-refractivity contribution < 1.29 is 24.5 Å². The summed E-state index contributed by atoms with van der Waals surface area (Å²) in [7, 11) is 0. The van der Waals surface area contributed by atoms with Crippen LogP contribution in [0.15, 0.2) is 12.2 Å². The summed E-state index contributed by atoms with van der Waals surface area (Å²) in [6, 6.07) is -0.538. The van der Waals surface area contributed by atoms with Crippen LogP contribution in [0.3, 0.4) is 0 Å². The fraction of sp³-hybridized carbons (Fsp3) is 0.950. The molecule has 0 fully saturated rings. The molecule has 0 rings (SSSR count). The lowest BCUT2D eigenvalue weighted by molar-refractivity contribution is -0.143. The second-order valence-corrected chi connectivity index (χ2v) is 27.8. The lowest BCUT2D eigenvalue weighted by atomic mass is 10.0. The minimum Gasteiger partial charge on any atom is -0.466 e. The van der Waals surface area contributed by atoms with Gasteiger partial charge >= 0.3 is 5.97 Å². The van der Waals surface area contributed by atoms with Gasteiger partial charge < -0.3 is 20.3 Å². The zero-order valence-corrected chi connectivity index (χ0v) is 58.8. The molecule has 3 N–H and O–H groups in total. The Balaban J connectivity index is 3.31. The lowest BCUT2D eigenvalue weighted by Gasteiger charge is -2.22. The fourth-order valence-electron chi connectivity index (χ4n) is 13.0. The fourth-order valence-corrected chi connectivity index (χ4v) is 13.0. The number of ether oxygens (including phenoxy) is 1. The first-order valence-corrected chi connectivity index (χ1v) is 39.9. The van der Waals surface area contributed by atoms with Crippen LogP contribution in [0, 0.1) is 0 Å². The van der Waals surface area contributed by atoms with E-state index >= 15 is 0 Å². The van der Waals surface area contributed by atoms with Crippen molar-refractivity contribution in [3.8, 4) is 0 Å². The maximum atomic E-state index is 12.6. The van der Waals surface area contributed by atoms with Crippen LogP contribution < -0.4 is 5.32 Å². The van der Waals surface area contributed by atoms with Crippen molar-refractivity contribution in [3.05, 3.63) is 12.2 Å². The first-order chi connectivity index (χ1) is 42.5. The van der Waals surface area contributed by atoms with Gasteiger partial charge in [-0.2, -0.15) is 0 Å². The molecule has 6 nitrogen and oxygen atoms in total. The summed E-state index contributed by atoms with van der Waals surface area (Å²) in [4.78, 5) is 24.7. The van der Waals surface area contributed by atoms with Crippen molar-refractivity contribution in [2.75, 3.05) is 13.2 Å². The molecule has 0 saturated carbocycles. The summed E-state index contributed by atoms with van der Waals surface area (Å²) in [5.74, 6) is -0.00576. The van der Waals surface area contributed by atoms with Gasteiger partial charge in [0.2, 0.25) is 5.91 Å². The Kier molecular flexibility index (Phi) is 74.8. The minimum atomic E-state index is -0.661. The number of aliphatic hydroxyl groups excluding tert-OH is 2. The van der Waals surface area contributed by atoms with Crippen LogP contribution in [0.1, 0.15) is 463 Å². The highest BCUT2D eigenvalue weighted by atomic mass is 16.5. The Morgan fingerprint density at radius 3 is 0.826 bits per heavy atom. The molecule has 0 aliphatic heterocycles. The molecular formula is C80H157NO5. The molecule has 0 spiro atoms. The molecule has 0 aliphatic rings.